The first-order valence-corrected chi connectivity index (χ1v) is 7.06. The first-order valence-electron chi connectivity index (χ1n) is 5.89. The van der Waals surface area contributed by atoms with Crippen LogP contribution < -0.4 is 5.32 Å². The van der Waals surface area contributed by atoms with Gasteiger partial charge in [-0.1, -0.05) is 27.5 Å². The Bertz CT molecular complexity index is 689. The van der Waals surface area contributed by atoms with Crippen LogP contribution >= 0.6 is 27.5 Å². The molecule has 5 nitrogen and oxygen atoms in total. The van der Waals surface area contributed by atoms with Gasteiger partial charge in [-0.2, -0.15) is 0 Å². The average molecular weight is 370 g/mol. The minimum Gasteiger partial charge on any atom is -0.481 e. The fourth-order valence-corrected chi connectivity index (χ4v) is 2.39. The van der Waals surface area contributed by atoms with E-state index < -0.39 is 5.97 Å². The highest BCUT2D eigenvalue weighted by atomic mass is 79.9. The molecule has 1 aromatic carbocycles. The lowest BCUT2D eigenvalue weighted by molar-refractivity contribution is -0.136. The Morgan fingerprint density at radius 1 is 1.29 bits per heavy atom. The highest BCUT2D eigenvalue weighted by Crippen LogP contribution is 2.22. The van der Waals surface area contributed by atoms with Gasteiger partial charge in [0.2, 0.25) is 0 Å². The number of pyridine rings is 1. The Kier molecular flexibility index (Phi) is 4.93. The largest absolute Gasteiger partial charge is 0.481 e. The molecule has 2 N–H and O–H groups in total. The average Bonchev–Trinajstić information content (AvgIpc) is 2.40. The molecule has 0 fully saturated rings. The Labute approximate surface area is 134 Å². The Balaban J connectivity index is 2.10. The van der Waals surface area contributed by atoms with Gasteiger partial charge in [0.05, 0.1) is 34.6 Å². The minimum atomic E-state index is -0.957. The van der Waals surface area contributed by atoms with Crippen molar-refractivity contribution in [1.29, 1.82) is 0 Å². The number of hydrogen-bond acceptors (Lipinski definition) is 3. The van der Waals surface area contributed by atoms with E-state index in [0.717, 1.165) is 4.47 Å². The molecule has 0 atom stereocenters. The summed E-state index contributed by atoms with van der Waals surface area (Å²) in [6.07, 6.45) is 1.25. The van der Waals surface area contributed by atoms with Gasteiger partial charge in [0.15, 0.2) is 0 Å². The molecule has 2 aromatic rings. The molecule has 1 aromatic heterocycles. The summed E-state index contributed by atoms with van der Waals surface area (Å²) in [7, 11) is 0. The Morgan fingerprint density at radius 3 is 2.62 bits per heavy atom. The van der Waals surface area contributed by atoms with E-state index in [1.807, 2.05) is 0 Å². The number of aliphatic carboxylic acids is 1. The molecule has 7 heteroatoms. The van der Waals surface area contributed by atoms with Gasteiger partial charge in [-0.25, -0.2) is 0 Å². The van der Waals surface area contributed by atoms with E-state index in [2.05, 4.69) is 26.2 Å². The third kappa shape index (κ3) is 4.27. The van der Waals surface area contributed by atoms with Gasteiger partial charge >= 0.3 is 5.97 Å². The fourth-order valence-electron chi connectivity index (χ4n) is 1.63. The van der Waals surface area contributed by atoms with Gasteiger partial charge in [0, 0.05) is 4.47 Å². The van der Waals surface area contributed by atoms with Crippen LogP contribution in [0.2, 0.25) is 5.02 Å². The number of aromatic nitrogens is 1. The zero-order valence-electron chi connectivity index (χ0n) is 10.6. The van der Waals surface area contributed by atoms with Crippen LogP contribution in [0.3, 0.4) is 0 Å². The molecule has 21 heavy (non-hydrogen) atoms. The van der Waals surface area contributed by atoms with E-state index in [4.69, 9.17) is 16.7 Å². The van der Waals surface area contributed by atoms with Gasteiger partial charge in [-0.15, -0.1) is 0 Å². The number of carbonyl (C=O) groups is 2. The highest BCUT2D eigenvalue weighted by Gasteiger charge is 2.11. The number of halogens is 2. The maximum Gasteiger partial charge on any atom is 0.309 e. The molecular weight excluding hydrogens is 360 g/mol. The van der Waals surface area contributed by atoms with Crippen molar-refractivity contribution in [2.24, 2.45) is 0 Å². The Morgan fingerprint density at radius 2 is 2.05 bits per heavy atom. The third-order valence-corrected chi connectivity index (χ3v) is 3.40. The summed E-state index contributed by atoms with van der Waals surface area (Å²) in [5.41, 5.74) is 1.23. The predicted octanol–water partition coefficient (Wildman–Crippen LogP) is 3.38. The van der Waals surface area contributed by atoms with Crippen molar-refractivity contribution in [3.8, 4) is 0 Å². The minimum absolute atomic E-state index is 0.160. The maximum absolute atomic E-state index is 12.1. The quantitative estimate of drug-likeness (QED) is 0.866. The molecule has 0 aliphatic carbocycles. The monoisotopic (exact) mass is 368 g/mol. The van der Waals surface area contributed by atoms with E-state index in [0.29, 0.717) is 22.0 Å². The Hall–Kier alpha value is -1.92. The summed E-state index contributed by atoms with van der Waals surface area (Å²) >= 11 is 9.27. The number of anilines is 1. The number of carboxylic acids is 1. The molecule has 0 aliphatic heterocycles. The first kappa shape index (κ1) is 15.5. The number of nitrogens with one attached hydrogen (secondary N) is 1. The smallest absolute Gasteiger partial charge is 0.309 e. The van der Waals surface area contributed by atoms with E-state index in [1.165, 1.54) is 6.20 Å². The molecule has 108 valence electrons. The van der Waals surface area contributed by atoms with Gasteiger partial charge in [-0.3, -0.25) is 14.6 Å². The molecule has 0 aliphatic rings. The van der Waals surface area contributed by atoms with E-state index in [9.17, 15) is 9.59 Å². The van der Waals surface area contributed by atoms with Crippen LogP contribution in [0.4, 0.5) is 5.69 Å². The second-order valence-corrected chi connectivity index (χ2v) is 5.51. The second kappa shape index (κ2) is 6.69. The zero-order chi connectivity index (χ0) is 15.4. The number of carboxylic acid groups (broad SMARTS) is 1. The van der Waals surface area contributed by atoms with Gasteiger partial charge in [0.1, 0.15) is 0 Å². The molecule has 0 saturated carbocycles. The third-order valence-electron chi connectivity index (χ3n) is 2.59. The van der Waals surface area contributed by atoms with E-state index in [1.54, 1.807) is 30.3 Å². The number of amides is 1. The summed E-state index contributed by atoms with van der Waals surface area (Å²) in [5, 5.41) is 11.6. The van der Waals surface area contributed by atoms with Crippen molar-refractivity contribution in [3.63, 3.8) is 0 Å². The molecule has 0 radical (unpaired) electrons. The second-order valence-electron chi connectivity index (χ2n) is 4.19. The number of carbonyl (C=O) groups excluding carboxylic acids is 1. The summed E-state index contributed by atoms with van der Waals surface area (Å²) in [6, 6.07) is 8.09. The molecule has 0 bridgehead atoms. The van der Waals surface area contributed by atoms with Crippen LogP contribution in [0.1, 0.15) is 16.1 Å². The molecule has 2 rings (SSSR count). The lowest BCUT2D eigenvalue weighted by Crippen LogP contribution is -2.13. The number of hydrogen-bond donors (Lipinski definition) is 2. The van der Waals surface area contributed by atoms with Crippen LogP contribution in [-0.2, 0) is 11.2 Å². The highest BCUT2D eigenvalue weighted by molar-refractivity contribution is 9.10. The summed E-state index contributed by atoms with van der Waals surface area (Å²) < 4.78 is 0.781. The molecular formula is C14H10BrClN2O3. The van der Waals surface area contributed by atoms with Crippen molar-refractivity contribution >= 4 is 45.1 Å². The van der Waals surface area contributed by atoms with Crippen LogP contribution in [0, 0.1) is 0 Å². The standard InChI is InChI=1S/C14H10BrClN2O3/c15-8-1-4-11(12(16)5-8)14(21)18-10-3-2-9(17-7-10)6-13(19)20/h1-5,7H,6H2,(H,18,21)(H,19,20). The lowest BCUT2D eigenvalue weighted by Gasteiger charge is -2.07. The predicted molar refractivity (Wildman–Crippen MR) is 82.7 cm³/mol. The van der Waals surface area contributed by atoms with Crippen molar-refractivity contribution in [3.05, 3.63) is 57.3 Å². The van der Waals surface area contributed by atoms with Crippen molar-refractivity contribution in [2.45, 2.75) is 6.42 Å². The summed E-state index contributed by atoms with van der Waals surface area (Å²) in [6.45, 7) is 0. The molecule has 0 spiro atoms. The van der Waals surface area contributed by atoms with Gasteiger partial charge in [-0.05, 0) is 30.3 Å². The molecule has 0 unspecified atom stereocenters. The van der Waals surface area contributed by atoms with E-state index >= 15 is 0 Å². The maximum atomic E-state index is 12.1. The van der Waals surface area contributed by atoms with Crippen LogP contribution in [-0.4, -0.2) is 22.0 Å². The lowest BCUT2D eigenvalue weighted by atomic mass is 10.2. The molecule has 0 saturated heterocycles. The van der Waals surface area contributed by atoms with Gasteiger partial charge in [0.25, 0.3) is 5.91 Å². The number of rotatable bonds is 4. The number of nitrogens with zero attached hydrogens (tertiary/aromatic N) is 1. The van der Waals surface area contributed by atoms with Crippen molar-refractivity contribution in [1.82, 2.24) is 4.98 Å². The normalized spacial score (nSPS) is 10.2. The summed E-state index contributed by atoms with van der Waals surface area (Å²) in [5.74, 6) is -1.32. The summed E-state index contributed by atoms with van der Waals surface area (Å²) in [4.78, 5) is 26.6. The van der Waals surface area contributed by atoms with Crippen LogP contribution in [0.15, 0.2) is 41.0 Å². The van der Waals surface area contributed by atoms with Crippen molar-refractivity contribution < 1.29 is 14.7 Å². The van der Waals surface area contributed by atoms with Crippen LogP contribution in [0.25, 0.3) is 0 Å². The molecule has 1 heterocycles. The topological polar surface area (TPSA) is 79.3 Å². The van der Waals surface area contributed by atoms with Gasteiger partial charge < -0.3 is 10.4 Å². The molecule has 1 amide bonds. The SMILES string of the molecule is O=C(O)Cc1ccc(NC(=O)c2ccc(Br)cc2Cl)cn1. The van der Waals surface area contributed by atoms with E-state index in [-0.39, 0.29) is 12.3 Å². The number of benzene rings is 1. The fraction of sp³-hybridized carbons (Fsp3) is 0.0714. The first-order chi connectivity index (χ1) is 9.95. The van der Waals surface area contributed by atoms with Crippen molar-refractivity contribution in [2.75, 3.05) is 5.32 Å². The van der Waals surface area contributed by atoms with Crippen LogP contribution in [0.5, 0.6) is 0 Å². The zero-order valence-corrected chi connectivity index (χ0v) is 13.0.